The smallest absolute Gasteiger partial charge is 0.156 e. The fourth-order valence-corrected chi connectivity index (χ4v) is 2.64. The molecule has 0 saturated carbocycles. The molecule has 0 atom stereocenters. The first-order valence-electron chi connectivity index (χ1n) is 6.78. The SMILES string of the molecule is Cc1cc(Nc2ncnc(N3CCCCC3)c2Cl)n[nH]1. The Kier molecular flexibility index (Phi) is 3.73. The van der Waals surface area contributed by atoms with Crippen LogP contribution in [-0.2, 0) is 0 Å². The Morgan fingerprint density at radius 3 is 2.75 bits per heavy atom. The zero-order valence-electron chi connectivity index (χ0n) is 11.4. The van der Waals surface area contributed by atoms with Crippen LogP contribution in [0.15, 0.2) is 12.4 Å². The van der Waals surface area contributed by atoms with Gasteiger partial charge in [0.05, 0.1) is 0 Å². The molecule has 1 aliphatic rings. The Balaban J connectivity index is 1.84. The molecule has 0 spiro atoms. The van der Waals surface area contributed by atoms with Gasteiger partial charge in [-0.05, 0) is 26.2 Å². The lowest BCUT2D eigenvalue weighted by molar-refractivity contribution is 0.573. The van der Waals surface area contributed by atoms with Crippen molar-refractivity contribution in [3.63, 3.8) is 0 Å². The van der Waals surface area contributed by atoms with Crippen molar-refractivity contribution in [2.24, 2.45) is 0 Å². The molecular formula is C13H17ClN6. The number of halogens is 1. The molecule has 7 heteroatoms. The summed E-state index contributed by atoms with van der Waals surface area (Å²) in [5, 5.41) is 10.7. The van der Waals surface area contributed by atoms with Gasteiger partial charge in [0.2, 0.25) is 0 Å². The summed E-state index contributed by atoms with van der Waals surface area (Å²) in [6, 6.07) is 1.90. The quantitative estimate of drug-likeness (QED) is 0.910. The van der Waals surface area contributed by atoms with Crippen LogP contribution in [0.1, 0.15) is 25.0 Å². The van der Waals surface area contributed by atoms with E-state index in [4.69, 9.17) is 11.6 Å². The van der Waals surface area contributed by atoms with E-state index in [9.17, 15) is 0 Å². The number of hydrogen-bond acceptors (Lipinski definition) is 5. The lowest BCUT2D eigenvalue weighted by Crippen LogP contribution is -2.30. The van der Waals surface area contributed by atoms with Gasteiger partial charge in [-0.15, -0.1) is 0 Å². The van der Waals surface area contributed by atoms with Crippen LogP contribution in [-0.4, -0.2) is 33.3 Å². The van der Waals surface area contributed by atoms with E-state index in [0.29, 0.717) is 16.7 Å². The highest BCUT2D eigenvalue weighted by Crippen LogP contribution is 2.31. The van der Waals surface area contributed by atoms with Crippen molar-refractivity contribution in [2.45, 2.75) is 26.2 Å². The standard InChI is InChI=1S/C13H17ClN6/c1-9-7-10(19-18-9)17-12-11(14)13(16-8-15-12)20-5-3-2-4-6-20/h7-8H,2-6H2,1H3,(H2,15,16,17,18,19). The predicted octanol–water partition coefficient (Wildman–Crippen LogP) is 2.90. The van der Waals surface area contributed by atoms with Crippen LogP contribution in [0.2, 0.25) is 5.02 Å². The molecule has 2 aromatic heterocycles. The summed E-state index contributed by atoms with van der Waals surface area (Å²) in [4.78, 5) is 10.7. The first-order chi connectivity index (χ1) is 9.74. The second kappa shape index (κ2) is 5.66. The van der Waals surface area contributed by atoms with E-state index in [-0.39, 0.29) is 0 Å². The highest BCUT2D eigenvalue weighted by molar-refractivity contribution is 6.35. The van der Waals surface area contributed by atoms with Crippen LogP contribution in [0.5, 0.6) is 0 Å². The van der Waals surface area contributed by atoms with Crippen molar-refractivity contribution in [1.82, 2.24) is 20.2 Å². The number of rotatable bonds is 3. The van der Waals surface area contributed by atoms with Crippen molar-refractivity contribution in [3.05, 3.63) is 23.1 Å². The molecule has 6 nitrogen and oxygen atoms in total. The molecule has 2 N–H and O–H groups in total. The van der Waals surface area contributed by atoms with E-state index in [2.05, 4.69) is 30.4 Å². The fourth-order valence-electron chi connectivity index (χ4n) is 2.38. The van der Waals surface area contributed by atoms with Crippen LogP contribution in [0.25, 0.3) is 0 Å². The number of aryl methyl sites for hydroxylation is 1. The maximum Gasteiger partial charge on any atom is 0.156 e. The zero-order valence-corrected chi connectivity index (χ0v) is 12.1. The third kappa shape index (κ3) is 2.70. The summed E-state index contributed by atoms with van der Waals surface area (Å²) in [5.74, 6) is 2.09. The van der Waals surface area contributed by atoms with Gasteiger partial charge in [0.1, 0.15) is 11.3 Å². The highest BCUT2D eigenvalue weighted by Gasteiger charge is 2.18. The largest absolute Gasteiger partial charge is 0.355 e. The minimum atomic E-state index is 0.551. The summed E-state index contributed by atoms with van der Waals surface area (Å²) < 4.78 is 0. The number of nitrogens with zero attached hydrogens (tertiary/aromatic N) is 4. The van der Waals surface area contributed by atoms with Gasteiger partial charge in [-0.1, -0.05) is 11.6 Å². The monoisotopic (exact) mass is 292 g/mol. The second-order valence-electron chi connectivity index (χ2n) is 4.97. The average molecular weight is 293 g/mol. The van der Waals surface area contributed by atoms with Crippen LogP contribution in [0, 0.1) is 6.92 Å². The van der Waals surface area contributed by atoms with Crippen LogP contribution in [0.4, 0.5) is 17.5 Å². The lowest BCUT2D eigenvalue weighted by atomic mass is 10.1. The Labute approximate surface area is 122 Å². The minimum Gasteiger partial charge on any atom is -0.355 e. The highest BCUT2D eigenvalue weighted by atomic mass is 35.5. The third-order valence-corrected chi connectivity index (χ3v) is 3.73. The molecule has 0 aliphatic carbocycles. The number of H-pyrrole nitrogens is 1. The maximum atomic E-state index is 6.43. The van der Waals surface area contributed by atoms with Gasteiger partial charge >= 0.3 is 0 Å². The number of piperidine rings is 1. The number of hydrogen-bond donors (Lipinski definition) is 2. The number of anilines is 3. The van der Waals surface area contributed by atoms with Gasteiger partial charge in [0, 0.05) is 24.8 Å². The Bertz CT molecular complexity index is 590. The molecule has 0 amide bonds. The summed E-state index contributed by atoms with van der Waals surface area (Å²) in [6.07, 6.45) is 5.18. The first-order valence-corrected chi connectivity index (χ1v) is 7.16. The molecule has 106 valence electrons. The van der Waals surface area contributed by atoms with Gasteiger partial charge in [0.25, 0.3) is 0 Å². The maximum absolute atomic E-state index is 6.43. The second-order valence-corrected chi connectivity index (χ2v) is 5.35. The van der Waals surface area contributed by atoms with Gasteiger partial charge in [0.15, 0.2) is 17.5 Å². The van der Waals surface area contributed by atoms with Crippen molar-refractivity contribution >= 4 is 29.1 Å². The Morgan fingerprint density at radius 2 is 2.05 bits per heavy atom. The summed E-state index contributed by atoms with van der Waals surface area (Å²) in [6.45, 7) is 3.94. The summed E-state index contributed by atoms with van der Waals surface area (Å²) >= 11 is 6.43. The average Bonchev–Trinajstić information content (AvgIpc) is 2.87. The molecule has 0 bridgehead atoms. The predicted molar refractivity (Wildman–Crippen MR) is 79.7 cm³/mol. The number of aromatic amines is 1. The molecule has 0 aromatic carbocycles. The number of nitrogens with one attached hydrogen (secondary N) is 2. The normalized spacial score (nSPS) is 15.4. The third-order valence-electron chi connectivity index (χ3n) is 3.38. The topological polar surface area (TPSA) is 69.7 Å². The Hall–Kier alpha value is -1.82. The molecule has 20 heavy (non-hydrogen) atoms. The lowest BCUT2D eigenvalue weighted by Gasteiger charge is -2.28. The molecular weight excluding hydrogens is 276 g/mol. The molecule has 0 radical (unpaired) electrons. The Morgan fingerprint density at radius 1 is 1.25 bits per heavy atom. The van der Waals surface area contributed by atoms with Gasteiger partial charge in [-0.2, -0.15) is 5.10 Å². The van der Waals surface area contributed by atoms with Crippen LogP contribution in [0.3, 0.4) is 0 Å². The molecule has 3 rings (SSSR count). The van der Waals surface area contributed by atoms with Crippen molar-refractivity contribution in [2.75, 3.05) is 23.3 Å². The van der Waals surface area contributed by atoms with Gasteiger partial charge in [-0.3, -0.25) is 5.10 Å². The van der Waals surface area contributed by atoms with Gasteiger partial charge in [-0.25, -0.2) is 9.97 Å². The van der Waals surface area contributed by atoms with E-state index < -0.39 is 0 Å². The summed E-state index contributed by atoms with van der Waals surface area (Å²) in [5.41, 5.74) is 0.980. The molecule has 3 heterocycles. The molecule has 1 fully saturated rings. The van der Waals surface area contributed by atoms with E-state index >= 15 is 0 Å². The summed E-state index contributed by atoms with van der Waals surface area (Å²) in [7, 11) is 0. The van der Waals surface area contributed by atoms with E-state index in [1.165, 1.54) is 25.6 Å². The first kappa shape index (κ1) is 13.2. The van der Waals surface area contributed by atoms with E-state index in [1.807, 2.05) is 13.0 Å². The fraction of sp³-hybridized carbons (Fsp3) is 0.462. The minimum absolute atomic E-state index is 0.551. The van der Waals surface area contributed by atoms with Gasteiger partial charge < -0.3 is 10.2 Å². The van der Waals surface area contributed by atoms with E-state index in [1.54, 1.807) is 0 Å². The molecule has 0 unspecified atom stereocenters. The van der Waals surface area contributed by atoms with Crippen LogP contribution >= 0.6 is 11.6 Å². The van der Waals surface area contributed by atoms with E-state index in [0.717, 1.165) is 24.6 Å². The van der Waals surface area contributed by atoms with Crippen molar-refractivity contribution in [1.29, 1.82) is 0 Å². The molecule has 2 aromatic rings. The molecule has 1 saturated heterocycles. The number of aromatic nitrogens is 4. The molecule has 1 aliphatic heterocycles. The van der Waals surface area contributed by atoms with Crippen molar-refractivity contribution < 1.29 is 0 Å². The zero-order chi connectivity index (χ0) is 13.9. The van der Waals surface area contributed by atoms with Crippen LogP contribution < -0.4 is 10.2 Å². The van der Waals surface area contributed by atoms with Crippen molar-refractivity contribution in [3.8, 4) is 0 Å².